The van der Waals surface area contributed by atoms with E-state index in [4.69, 9.17) is 9.47 Å². The Balaban J connectivity index is 2.13. The van der Waals surface area contributed by atoms with E-state index in [0.29, 0.717) is 12.4 Å². The van der Waals surface area contributed by atoms with Crippen molar-refractivity contribution < 1.29 is 14.6 Å². The normalized spacial score (nSPS) is 10.1. The van der Waals surface area contributed by atoms with Gasteiger partial charge in [0.1, 0.15) is 12.4 Å². The molecule has 0 radical (unpaired) electrons. The van der Waals surface area contributed by atoms with Gasteiger partial charge >= 0.3 is 0 Å². The monoisotopic (exact) mass is 308 g/mol. The molecule has 18 heavy (non-hydrogen) atoms. The summed E-state index contributed by atoms with van der Waals surface area (Å²) in [4.78, 5) is 0. The maximum Gasteiger partial charge on any atom is 0.161 e. The van der Waals surface area contributed by atoms with Gasteiger partial charge in [0.2, 0.25) is 0 Å². The zero-order valence-electron chi connectivity index (χ0n) is 9.89. The Kier molecular flexibility index (Phi) is 4.10. The van der Waals surface area contributed by atoms with E-state index in [1.165, 1.54) is 0 Å². The number of ether oxygens (including phenoxy) is 2. The van der Waals surface area contributed by atoms with E-state index in [2.05, 4.69) is 15.9 Å². The average Bonchev–Trinajstić information content (AvgIpc) is 2.39. The SMILES string of the molecule is COc1cc(Br)ccc1COc1ccccc1O. The standard InChI is InChI=1S/C14H13BrO3/c1-17-14-8-11(15)7-6-10(14)9-18-13-5-3-2-4-12(13)16/h2-8,16H,9H2,1H3. The number of methoxy groups -OCH3 is 1. The Bertz CT molecular complexity index is 540. The molecule has 2 aromatic carbocycles. The van der Waals surface area contributed by atoms with Crippen molar-refractivity contribution in [3.63, 3.8) is 0 Å². The minimum Gasteiger partial charge on any atom is -0.504 e. The molecule has 0 amide bonds. The predicted octanol–water partition coefficient (Wildman–Crippen LogP) is 3.74. The summed E-state index contributed by atoms with van der Waals surface area (Å²) < 4.78 is 11.8. The highest BCUT2D eigenvalue weighted by Gasteiger charge is 2.06. The first kappa shape index (κ1) is 12.8. The summed E-state index contributed by atoms with van der Waals surface area (Å²) in [6.07, 6.45) is 0. The number of phenolic OH excluding ortho intramolecular Hbond substituents is 1. The summed E-state index contributed by atoms with van der Waals surface area (Å²) in [5.74, 6) is 1.34. The fraction of sp³-hybridized carbons (Fsp3) is 0.143. The van der Waals surface area contributed by atoms with Gasteiger partial charge in [0.15, 0.2) is 11.5 Å². The van der Waals surface area contributed by atoms with Crippen molar-refractivity contribution in [2.75, 3.05) is 7.11 Å². The van der Waals surface area contributed by atoms with Gasteiger partial charge in [-0.1, -0.05) is 34.1 Å². The van der Waals surface area contributed by atoms with Gasteiger partial charge in [-0.15, -0.1) is 0 Å². The van der Waals surface area contributed by atoms with Gasteiger partial charge in [-0.3, -0.25) is 0 Å². The first-order valence-electron chi connectivity index (χ1n) is 5.44. The highest BCUT2D eigenvalue weighted by Crippen LogP contribution is 2.28. The molecule has 1 N–H and O–H groups in total. The maximum absolute atomic E-state index is 9.60. The maximum atomic E-state index is 9.60. The molecule has 0 atom stereocenters. The van der Waals surface area contributed by atoms with Gasteiger partial charge < -0.3 is 14.6 Å². The highest BCUT2D eigenvalue weighted by molar-refractivity contribution is 9.10. The number of hydrogen-bond acceptors (Lipinski definition) is 3. The van der Waals surface area contributed by atoms with Crippen molar-refractivity contribution in [1.29, 1.82) is 0 Å². The molecule has 0 aliphatic carbocycles. The minimum absolute atomic E-state index is 0.133. The van der Waals surface area contributed by atoms with Crippen LogP contribution in [0.5, 0.6) is 17.2 Å². The molecule has 0 heterocycles. The first-order chi connectivity index (χ1) is 8.70. The van der Waals surface area contributed by atoms with Gasteiger partial charge in [0.05, 0.1) is 7.11 Å². The van der Waals surface area contributed by atoms with E-state index in [1.807, 2.05) is 24.3 Å². The van der Waals surface area contributed by atoms with Gasteiger partial charge in [0, 0.05) is 10.0 Å². The molecular weight excluding hydrogens is 296 g/mol. The molecule has 0 aromatic heterocycles. The fourth-order valence-electron chi connectivity index (χ4n) is 1.57. The number of rotatable bonds is 4. The molecule has 4 heteroatoms. The smallest absolute Gasteiger partial charge is 0.161 e. The van der Waals surface area contributed by atoms with Gasteiger partial charge in [-0.25, -0.2) is 0 Å². The molecule has 0 aliphatic heterocycles. The molecule has 2 rings (SSSR count). The van der Waals surface area contributed by atoms with Gasteiger partial charge in [-0.2, -0.15) is 0 Å². The zero-order chi connectivity index (χ0) is 13.0. The molecule has 0 fully saturated rings. The predicted molar refractivity (Wildman–Crippen MR) is 73.1 cm³/mol. The molecule has 94 valence electrons. The molecule has 0 saturated heterocycles. The van der Waals surface area contributed by atoms with Crippen LogP contribution in [-0.4, -0.2) is 12.2 Å². The Morgan fingerprint density at radius 2 is 1.89 bits per heavy atom. The average molecular weight is 309 g/mol. The van der Waals surface area contributed by atoms with Crippen molar-refractivity contribution in [2.45, 2.75) is 6.61 Å². The van der Waals surface area contributed by atoms with Crippen LogP contribution in [0.2, 0.25) is 0 Å². The summed E-state index contributed by atoms with van der Waals surface area (Å²) in [6.45, 7) is 0.341. The topological polar surface area (TPSA) is 38.7 Å². The lowest BCUT2D eigenvalue weighted by Gasteiger charge is -2.11. The summed E-state index contributed by atoms with van der Waals surface area (Å²) in [5.41, 5.74) is 0.920. The zero-order valence-corrected chi connectivity index (χ0v) is 11.5. The number of aromatic hydroxyl groups is 1. The van der Waals surface area contributed by atoms with Crippen LogP contribution in [0.1, 0.15) is 5.56 Å². The van der Waals surface area contributed by atoms with Crippen LogP contribution in [0.15, 0.2) is 46.9 Å². The van der Waals surface area contributed by atoms with Crippen LogP contribution in [0.25, 0.3) is 0 Å². The molecular formula is C14H13BrO3. The summed E-state index contributed by atoms with van der Waals surface area (Å²) in [7, 11) is 1.62. The summed E-state index contributed by atoms with van der Waals surface area (Å²) in [5, 5.41) is 9.60. The van der Waals surface area contributed by atoms with Crippen molar-refractivity contribution in [2.24, 2.45) is 0 Å². The first-order valence-corrected chi connectivity index (χ1v) is 6.23. The minimum atomic E-state index is 0.133. The van der Waals surface area contributed by atoms with Crippen LogP contribution < -0.4 is 9.47 Å². The molecule has 3 nitrogen and oxygen atoms in total. The summed E-state index contributed by atoms with van der Waals surface area (Å²) >= 11 is 3.38. The molecule has 2 aromatic rings. The lowest BCUT2D eigenvalue weighted by Crippen LogP contribution is -1.98. The van der Waals surface area contributed by atoms with Crippen LogP contribution in [0.4, 0.5) is 0 Å². The number of hydrogen-bond donors (Lipinski definition) is 1. The Morgan fingerprint density at radius 3 is 2.61 bits per heavy atom. The number of phenols is 1. The molecule has 0 saturated carbocycles. The molecule has 0 unspecified atom stereocenters. The van der Waals surface area contributed by atoms with E-state index >= 15 is 0 Å². The number of benzene rings is 2. The molecule has 0 bridgehead atoms. The van der Waals surface area contributed by atoms with Crippen molar-refractivity contribution in [3.8, 4) is 17.2 Å². The largest absolute Gasteiger partial charge is 0.504 e. The number of para-hydroxylation sites is 2. The van der Waals surface area contributed by atoms with Crippen LogP contribution in [0, 0.1) is 0 Å². The van der Waals surface area contributed by atoms with Crippen molar-refractivity contribution in [3.05, 3.63) is 52.5 Å². The molecule has 0 aliphatic rings. The third-order valence-corrected chi connectivity index (χ3v) is 2.99. The van der Waals surface area contributed by atoms with Gasteiger partial charge in [-0.05, 0) is 24.3 Å². The Hall–Kier alpha value is -1.68. The molecule has 0 spiro atoms. The second kappa shape index (κ2) is 5.78. The van der Waals surface area contributed by atoms with Crippen LogP contribution >= 0.6 is 15.9 Å². The third kappa shape index (κ3) is 2.96. The lowest BCUT2D eigenvalue weighted by atomic mass is 10.2. The fourth-order valence-corrected chi connectivity index (χ4v) is 1.91. The third-order valence-electron chi connectivity index (χ3n) is 2.50. The lowest BCUT2D eigenvalue weighted by molar-refractivity contribution is 0.282. The second-order valence-corrected chi connectivity index (χ2v) is 4.63. The Morgan fingerprint density at radius 1 is 1.11 bits per heavy atom. The van der Waals surface area contributed by atoms with Crippen molar-refractivity contribution in [1.82, 2.24) is 0 Å². The van der Waals surface area contributed by atoms with E-state index in [-0.39, 0.29) is 5.75 Å². The van der Waals surface area contributed by atoms with E-state index in [1.54, 1.807) is 25.3 Å². The van der Waals surface area contributed by atoms with Crippen molar-refractivity contribution >= 4 is 15.9 Å². The van der Waals surface area contributed by atoms with E-state index < -0.39 is 0 Å². The number of halogens is 1. The van der Waals surface area contributed by atoms with E-state index in [9.17, 15) is 5.11 Å². The van der Waals surface area contributed by atoms with E-state index in [0.717, 1.165) is 15.8 Å². The summed E-state index contributed by atoms with van der Waals surface area (Å²) in [6, 6.07) is 12.6. The Labute approximate surface area is 114 Å². The van der Waals surface area contributed by atoms with Crippen LogP contribution in [-0.2, 0) is 6.61 Å². The van der Waals surface area contributed by atoms with Crippen LogP contribution in [0.3, 0.4) is 0 Å². The highest BCUT2D eigenvalue weighted by atomic mass is 79.9. The van der Waals surface area contributed by atoms with Gasteiger partial charge in [0.25, 0.3) is 0 Å². The quantitative estimate of drug-likeness (QED) is 0.935. The second-order valence-electron chi connectivity index (χ2n) is 3.71.